The topological polar surface area (TPSA) is 119 Å². The van der Waals surface area contributed by atoms with Gasteiger partial charge in [-0.2, -0.15) is 10.1 Å². The fourth-order valence-electron chi connectivity index (χ4n) is 2.86. The Balaban J connectivity index is 1.59. The maximum absolute atomic E-state index is 11.8. The normalized spacial score (nSPS) is 12.6. The van der Waals surface area contributed by atoms with Gasteiger partial charge in [-0.3, -0.25) is 5.10 Å². The van der Waals surface area contributed by atoms with E-state index < -0.39 is 9.73 Å². The van der Waals surface area contributed by atoms with Gasteiger partial charge in [0.15, 0.2) is 0 Å². The van der Waals surface area contributed by atoms with Gasteiger partial charge < -0.3 is 10.6 Å². The lowest BCUT2D eigenvalue weighted by Gasteiger charge is -2.09. The van der Waals surface area contributed by atoms with Crippen LogP contribution in [0.15, 0.2) is 59.8 Å². The van der Waals surface area contributed by atoms with E-state index in [4.69, 9.17) is 4.78 Å². The number of rotatable bonds is 4. The second kappa shape index (κ2) is 7.85. The summed E-state index contributed by atoms with van der Waals surface area (Å²) in [5.41, 5.74) is 3.20. The van der Waals surface area contributed by atoms with Crippen LogP contribution in [0.3, 0.4) is 0 Å². The van der Waals surface area contributed by atoms with E-state index in [9.17, 15) is 4.21 Å². The molecule has 2 heterocycles. The summed E-state index contributed by atoms with van der Waals surface area (Å²) in [5.74, 6) is 7.27. The van der Waals surface area contributed by atoms with Crippen molar-refractivity contribution < 1.29 is 4.21 Å². The van der Waals surface area contributed by atoms with Crippen LogP contribution in [0, 0.1) is 16.6 Å². The van der Waals surface area contributed by atoms with Crippen molar-refractivity contribution in [3.63, 3.8) is 0 Å². The van der Waals surface area contributed by atoms with Crippen LogP contribution in [0.1, 0.15) is 11.1 Å². The first kappa shape index (κ1) is 19.4. The molecule has 0 saturated heterocycles. The molecule has 0 saturated carbocycles. The molecule has 1 unspecified atom stereocenters. The Bertz CT molecular complexity index is 1380. The first-order valence-electron chi connectivity index (χ1n) is 9.04. The van der Waals surface area contributed by atoms with Crippen LogP contribution >= 0.6 is 0 Å². The van der Waals surface area contributed by atoms with E-state index in [1.165, 1.54) is 6.26 Å². The third-order valence-electron chi connectivity index (χ3n) is 4.40. The average molecular weight is 417 g/mol. The van der Waals surface area contributed by atoms with Crippen LogP contribution in [0.5, 0.6) is 0 Å². The highest BCUT2D eigenvalue weighted by Gasteiger charge is 2.07. The number of benzene rings is 2. The maximum Gasteiger partial charge on any atom is 0.229 e. The van der Waals surface area contributed by atoms with Gasteiger partial charge in [0.25, 0.3) is 0 Å². The minimum Gasteiger partial charge on any atom is -0.372 e. The van der Waals surface area contributed by atoms with Crippen molar-refractivity contribution in [1.82, 2.24) is 20.2 Å². The Morgan fingerprint density at radius 3 is 2.57 bits per heavy atom. The van der Waals surface area contributed by atoms with Crippen LogP contribution in [-0.2, 0) is 9.73 Å². The largest absolute Gasteiger partial charge is 0.372 e. The lowest BCUT2D eigenvalue weighted by atomic mass is 10.1. The second-order valence-corrected chi connectivity index (χ2v) is 8.74. The molecular weight excluding hydrogens is 398 g/mol. The minimum absolute atomic E-state index is 0.401. The summed E-state index contributed by atoms with van der Waals surface area (Å²) in [6, 6.07) is 12.6. The molecular formula is C21H19N7OS. The number of hydrogen-bond donors (Lipinski definition) is 4. The number of hydrogen-bond acceptors (Lipinski definition) is 7. The lowest BCUT2D eigenvalue weighted by molar-refractivity contribution is 0.679. The average Bonchev–Trinajstić information content (AvgIpc) is 3.22. The van der Waals surface area contributed by atoms with E-state index in [0.717, 1.165) is 22.2 Å². The van der Waals surface area contributed by atoms with Crippen LogP contribution in [0.2, 0.25) is 0 Å². The van der Waals surface area contributed by atoms with Gasteiger partial charge in [-0.1, -0.05) is 17.9 Å². The summed E-state index contributed by atoms with van der Waals surface area (Å²) in [6.45, 7) is 0. The number of H-pyrrole nitrogens is 1. The van der Waals surface area contributed by atoms with Crippen LogP contribution in [0.4, 0.5) is 17.5 Å². The quantitative estimate of drug-likeness (QED) is 0.377. The summed E-state index contributed by atoms with van der Waals surface area (Å²) in [7, 11) is -0.965. The van der Waals surface area contributed by atoms with Gasteiger partial charge in [-0.15, -0.1) is 0 Å². The van der Waals surface area contributed by atoms with Gasteiger partial charge in [-0.05, 0) is 36.4 Å². The van der Waals surface area contributed by atoms with E-state index >= 15 is 0 Å². The molecule has 1 atom stereocenters. The van der Waals surface area contributed by atoms with E-state index in [-0.39, 0.29) is 0 Å². The number of fused-ring (bicyclic) bond motifs is 1. The Kier molecular flexibility index (Phi) is 5.08. The smallest absolute Gasteiger partial charge is 0.229 e. The SMILES string of the molecule is CNc1nc(Nc2ccc(S(C)(=N)=O)cc2)ncc1C#Cc1cccc2[nH]ncc12. The Labute approximate surface area is 174 Å². The maximum atomic E-state index is 11.8. The van der Waals surface area contributed by atoms with Crippen molar-refractivity contribution in [2.24, 2.45) is 0 Å². The first-order chi connectivity index (χ1) is 14.4. The zero-order valence-electron chi connectivity index (χ0n) is 16.4. The van der Waals surface area contributed by atoms with Gasteiger partial charge in [0.1, 0.15) is 5.82 Å². The zero-order chi connectivity index (χ0) is 21.1. The summed E-state index contributed by atoms with van der Waals surface area (Å²) in [6.07, 6.45) is 4.80. The van der Waals surface area contributed by atoms with E-state index in [0.29, 0.717) is 22.2 Å². The van der Waals surface area contributed by atoms with Crippen molar-refractivity contribution in [3.8, 4) is 11.8 Å². The third kappa shape index (κ3) is 4.09. The fourth-order valence-corrected chi connectivity index (χ4v) is 3.52. The summed E-state index contributed by atoms with van der Waals surface area (Å²) < 4.78 is 19.4. The molecule has 8 nitrogen and oxygen atoms in total. The van der Waals surface area contributed by atoms with E-state index in [1.54, 1.807) is 43.7 Å². The van der Waals surface area contributed by atoms with Gasteiger partial charge in [0.2, 0.25) is 5.95 Å². The van der Waals surface area contributed by atoms with Gasteiger partial charge in [0, 0.05) is 34.8 Å². The Hall–Kier alpha value is -3.90. The van der Waals surface area contributed by atoms with E-state index in [1.807, 2.05) is 18.2 Å². The molecule has 0 spiro atoms. The number of nitrogens with zero attached hydrogens (tertiary/aromatic N) is 3. The highest BCUT2D eigenvalue weighted by molar-refractivity contribution is 7.91. The number of nitrogens with one attached hydrogen (secondary N) is 4. The first-order valence-corrected chi connectivity index (χ1v) is 11.0. The van der Waals surface area contributed by atoms with Crippen molar-refractivity contribution in [2.45, 2.75) is 4.90 Å². The van der Waals surface area contributed by atoms with Gasteiger partial charge in [0.05, 0.1) is 33.2 Å². The molecule has 150 valence electrons. The molecule has 0 bridgehead atoms. The summed E-state index contributed by atoms with van der Waals surface area (Å²) in [4.78, 5) is 9.29. The highest BCUT2D eigenvalue weighted by atomic mass is 32.2. The minimum atomic E-state index is -2.74. The number of aromatic amines is 1. The molecule has 0 aliphatic heterocycles. The number of aromatic nitrogens is 4. The predicted octanol–water partition coefficient (Wildman–Crippen LogP) is 3.57. The summed E-state index contributed by atoms with van der Waals surface area (Å²) >= 11 is 0. The predicted molar refractivity (Wildman–Crippen MR) is 118 cm³/mol. The number of anilines is 3. The molecule has 4 aromatic rings. The fraction of sp³-hybridized carbons (Fsp3) is 0.0952. The molecule has 4 N–H and O–H groups in total. The molecule has 2 aromatic heterocycles. The van der Waals surface area contributed by atoms with Crippen molar-refractivity contribution in [3.05, 3.63) is 66.0 Å². The highest BCUT2D eigenvalue weighted by Crippen LogP contribution is 2.20. The molecule has 0 aliphatic carbocycles. The molecule has 2 aromatic carbocycles. The third-order valence-corrected chi connectivity index (χ3v) is 5.57. The van der Waals surface area contributed by atoms with E-state index in [2.05, 4.69) is 42.6 Å². The summed E-state index contributed by atoms with van der Waals surface area (Å²) in [5, 5.41) is 14.1. The molecule has 0 aliphatic rings. The van der Waals surface area contributed by atoms with Crippen LogP contribution in [-0.4, -0.2) is 37.7 Å². The van der Waals surface area contributed by atoms with Crippen molar-refractivity contribution in [2.75, 3.05) is 23.9 Å². The standard InChI is InChI=1S/C21H19N7OS/c1-23-20-15(7-6-14-4-3-5-19-18(14)13-25-28-19)12-24-21(27-20)26-16-8-10-17(11-9-16)30(2,22)29/h3-5,8-13,22H,1-2H3,(H,25,28)(H2,23,24,26,27). The van der Waals surface area contributed by atoms with Crippen LogP contribution < -0.4 is 10.6 Å². The Morgan fingerprint density at radius 1 is 1.07 bits per heavy atom. The van der Waals surface area contributed by atoms with Crippen LogP contribution in [0.25, 0.3) is 10.9 Å². The monoisotopic (exact) mass is 417 g/mol. The zero-order valence-corrected chi connectivity index (χ0v) is 17.2. The molecule has 0 fully saturated rings. The van der Waals surface area contributed by atoms with Gasteiger partial charge in [-0.25, -0.2) is 14.0 Å². The second-order valence-electron chi connectivity index (χ2n) is 6.59. The molecule has 4 rings (SSSR count). The molecule has 0 amide bonds. The molecule has 30 heavy (non-hydrogen) atoms. The lowest BCUT2D eigenvalue weighted by Crippen LogP contribution is -2.03. The molecule has 0 radical (unpaired) electrons. The van der Waals surface area contributed by atoms with Crippen molar-refractivity contribution in [1.29, 1.82) is 4.78 Å². The Morgan fingerprint density at radius 2 is 1.83 bits per heavy atom. The van der Waals surface area contributed by atoms with Gasteiger partial charge >= 0.3 is 0 Å². The van der Waals surface area contributed by atoms with Crippen molar-refractivity contribution >= 4 is 38.1 Å². The molecule has 9 heteroatoms.